The van der Waals surface area contributed by atoms with E-state index in [-0.39, 0.29) is 11.6 Å². The Hall–Kier alpha value is -1.55. The summed E-state index contributed by atoms with van der Waals surface area (Å²) in [4.78, 5) is 14.9. The summed E-state index contributed by atoms with van der Waals surface area (Å²) in [5.41, 5.74) is 0.770. The molecule has 1 amide bonds. The molecule has 0 bridgehead atoms. The molecule has 0 unspecified atom stereocenters. The van der Waals surface area contributed by atoms with Gasteiger partial charge in [-0.15, -0.1) is 0 Å². The molecule has 4 heteroatoms. The molecule has 24 heavy (non-hydrogen) atoms. The summed E-state index contributed by atoms with van der Waals surface area (Å²) in [5.74, 6) is 0.530. The second-order valence-corrected chi connectivity index (χ2v) is 8.38. The van der Waals surface area contributed by atoms with Crippen LogP contribution in [0.1, 0.15) is 52.0 Å². The van der Waals surface area contributed by atoms with Gasteiger partial charge in [0.15, 0.2) is 0 Å². The third kappa shape index (κ3) is 4.10. The van der Waals surface area contributed by atoms with E-state index in [1.807, 2.05) is 20.8 Å². The van der Waals surface area contributed by atoms with E-state index in [4.69, 9.17) is 4.74 Å². The van der Waals surface area contributed by atoms with E-state index >= 15 is 0 Å². The highest BCUT2D eigenvalue weighted by atomic mass is 16.6. The van der Waals surface area contributed by atoms with Crippen molar-refractivity contribution in [2.75, 3.05) is 13.1 Å². The lowest BCUT2D eigenvalue weighted by atomic mass is 9.75. The molecule has 0 spiro atoms. The molecule has 2 fully saturated rings. The van der Waals surface area contributed by atoms with Crippen molar-refractivity contribution in [2.45, 2.75) is 64.1 Å². The lowest BCUT2D eigenvalue weighted by Crippen LogP contribution is -2.56. The molecule has 2 atom stereocenters. The average molecular weight is 330 g/mol. The number of nitrogens with one attached hydrogen (secondary N) is 1. The Bertz CT molecular complexity index is 567. The van der Waals surface area contributed by atoms with Gasteiger partial charge in [-0.1, -0.05) is 43.2 Å². The van der Waals surface area contributed by atoms with E-state index in [0.717, 1.165) is 26.1 Å². The van der Waals surface area contributed by atoms with Crippen molar-refractivity contribution in [1.82, 2.24) is 10.2 Å². The van der Waals surface area contributed by atoms with Crippen LogP contribution in [0.15, 0.2) is 30.3 Å². The molecule has 1 heterocycles. The lowest BCUT2D eigenvalue weighted by Gasteiger charge is -2.39. The van der Waals surface area contributed by atoms with Crippen LogP contribution in [0.5, 0.6) is 0 Å². The van der Waals surface area contributed by atoms with E-state index in [1.165, 1.54) is 24.8 Å². The third-order valence-electron chi connectivity index (χ3n) is 5.19. The smallest absolute Gasteiger partial charge is 0.408 e. The summed E-state index contributed by atoms with van der Waals surface area (Å²) in [6.07, 6.45) is 4.44. The zero-order valence-electron chi connectivity index (χ0n) is 15.2. The van der Waals surface area contributed by atoms with Crippen molar-refractivity contribution >= 4 is 6.09 Å². The first-order valence-corrected chi connectivity index (χ1v) is 9.14. The van der Waals surface area contributed by atoms with Crippen molar-refractivity contribution in [3.63, 3.8) is 0 Å². The van der Waals surface area contributed by atoms with Crippen LogP contribution in [0.3, 0.4) is 0 Å². The molecule has 1 N–H and O–H groups in total. The number of alkyl carbamates (subject to hydrolysis) is 1. The molecule has 0 radical (unpaired) electrons. The molecule has 1 aromatic rings. The molecule has 3 rings (SSSR count). The Balaban J connectivity index is 1.69. The number of benzene rings is 1. The van der Waals surface area contributed by atoms with Gasteiger partial charge >= 0.3 is 6.09 Å². The largest absolute Gasteiger partial charge is 0.444 e. The molecule has 1 aromatic carbocycles. The predicted octanol–water partition coefficient (Wildman–Crippen LogP) is 3.96. The molecule has 132 valence electrons. The minimum Gasteiger partial charge on any atom is -0.444 e. The van der Waals surface area contributed by atoms with Crippen molar-refractivity contribution in [2.24, 2.45) is 5.92 Å². The fraction of sp³-hybridized carbons (Fsp3) is 0.650. The average Bonchev–Trinajstić information content (AvgIpc) is 2.83. The molecular weight excluding hydrogens is 300 g/mol. The van der Waals surface area contributed by atoms with E-state index < -0.39 is 5.60 Å². The van der Waals surface area contributed by atoms with Crippen molar-refractivity contribution in [1.29, 1.82) is 0 Å². The van der Waals surface area contributed by atoms with Crippen LogP contribution in [0.4, 0.5) is 4.79 Å². The molecule has 1 saturated heterocycles. The summed E-state index contributed by atoms with van der Waals surface area (Å²) >= 11 is 0. The lowest BCUT2D eigenvalue weighted by molar-refractivity contribution is 0.0399. The van der Waals surface area contributed by atoms with Crippen LogP contribution in [0.2, 0.25) is 0 Å². The summed E-state index contributed by atoms with van der Waals surface area (Å²) < 4.78 is 5.53. The Kier molecular flexibility index (Phi) is 4.86. The first-order valence-electron chi connectivity index (χ1n) is 9.14. The van der Waals surface area contributed by atoms with Crippen molar-refractivity contribution in [3.8, 4) is 0 Å². The van der Waals surface area contributed by atoms with E-state index in [1.54, 1.807) is 0 Å². The molecule has 4 nitrogen and oxygen atoms in total. The summed E-state index contributed by atoms with van der Waals surface area (Å²) in [5, 5.41) is 3.26. The number of carbonyl (C=O) groups excluding carboxylic acids is 1. The van der Waals surface area contributed by atoms with Crippen LogP contribution < -0.4 is 5.32 Å². The molecule has 1 aliphatic carbocycles. The number of carbonyl (C=O) groups is 1. The highest BCUT2D eigenvalue weighted by Crippen LogP contribution is 2.40. The fourth-order valence-electron chi connectivity index (χ4n) is 4.23. The maximum absolute atomic E-state index is 12.4. The predicted molar refractivity (Wildman–Crippen MR) is 95.8 cm³/mol. The summed E-state index contributed by atoms with van der Waals surface area (Å²) in [7, 11) is 0. The number of hydrogen-bond donors (Lipinski definition) is 1. The van der Waals surface area contributed by atoms with Gasteiger partial charge in [0.1, 0.15) is 5.60 Å². The monoisotopic (exact) mass is 330 g/mol. The molecular formula is C20H30N2O2. The van der Waals surface area contributed by atoms with Crippen LogP contribution in [0, 0.1) is 5.92 Å². The SMILES string of the molecule is CC(C)(C)OC(=O)N[C@@]12CCCC[C@H]1CN(Cc1ccccc1)C2. The number of amides is 1. The molecule has 1 saturated carbocycles. The first kappa shape index (κ1) is 17.3. The van der Waals surface area contributed by atoms with Gasteiger partial charge in [-0.05, 0) is 45.1 Å². The van der Waals surface area contributed by atoms with Gasteiger partial charge in [0, 0.05) is 19.6 Å². The van der Waals surface area contributed by atoms with Crippen LogP contribution in [-0.2, 0) is 11.3 Å². The zero-order chi connectivity index (χ0) is 17.2. The normalized spacial score (nSPS) is 27.5. The van der Waals surface area contributed by atoms with E-state index in [9.17, 15) is 4.79 Å². The highest BCUT2D eigenvalue weighted by Gasteiger charge is 2.49. The second kappa shape index (κ2) is 6.75. The standard InChI is InChI=1S/C20H30N2O2/c1-19(2,3)24-18(23)21-20-12-8-7-11-17(20)14-22(15-20)13-16-9-5-4-6-10-16/h4-6,9-10,17H,7-8,11-15H2,1-3H3,(H,21,23)/t17-,20+/m0/s1. The summed E-state index contributed by atoms with van der Waals surface area (Å²) in [6.45, 7) is 8.68. The van der Waals surface area contributed by atoms with Gasteiger partial charge in [-0.3, -0.25) is 4.90 Å². The zero-order valence-corrected chi connectivity index (χ0v) is 15.2. The van der Waals surface area contributed by atoms with E-state index in [2.05, 4.69) is 40.5 Å². The summed E-state index contributed by atoms with van der Waals surface area (Å²) in [6, 6.07) is 10.6. The molecule has 0 aromatic heterocycles. The Morgan fingerprint density at radius 3 is 2.75 bits per heavy atom. The number of rotatable bonds is 3. The molecule has 1 aliphatic heterocycles. The maximum atomic E-state index is 12.4. The van der Waals surface area contributed by atoms with E-state index in [0.29, 0.717) is 5.92 Å². The van der Waals surface area contributed by atoms with Gasteiger partial charge in [0.25, 0.3) is 0 Å². The highest BCUT2D eigenvalue weighted by molar-refractivity contribution is 5.69. The van der Waals surface area contributed by atoms with Gasteiger partial charge in [-0.25, -0.2) is 4.79 Å². The Labute approximate surface area is 145 Å². The maximum Gasteiger partial charge on any atom is 0.408 e. The molecule has 2 aliphatic rings. The topological polar surface area (TPSA) is 41.6 Å². The second-order valence-electron chi connectivity index (χ2n) is 8.38. The number of nitrogens with zero attached hydrogens (tertiary/aromatic N) is 1. The number of fused-ring (bicyclic) bond motifs is 1. The van der Waals surface area contributed by atoms with Crippen LogP contribution in [-0.4, -0.2) is 35.2 Å². The fourth-order valence-corrected chi connectivity index (χ4v) is 4.23. The number of hydrogen-bond acceptors (Lipinski definition) is 3. The van der Waals surface area contributed by atoms with Crippen LogP contribution >= 0.6 is 0 Å². The third-order valence-corrected chi connectivity index (χ3v) is 5.19. The van der Waals surface area contributed by atoms with Gasteiger partial charge in [-0.2, -0.15) is 0 Å². The van der Waals surface area contributed by atoms with Crippen molar-refractivity contribution < 1.29 is 9.53 Å². The van der Waals surface area contributed by atoms with Crippen molar-refractivity contribution in [3.05, 3.63) is 35.9 Å². The Morgan fingerprint density at radius 2 is 2.04 bits per heavy atom. The Morgan fingerprint density at radius 1 is 1.29 bits per heavy atom. The quantitative estimate of drug-likeness (QED) is 0.912. The first-order chi connectivity index (χ1) is 11.4. The van der Waals surface area contributed by atoms with Gasteiger partial charge in [0.2, 0.25) is 0 Å². The minimum absolute atomic E-state index is 0.116. The van der Waals surface area contributed by atoms with Gasteiger partial charge in [0.05, 0.1) is 5.54 Å². The minimum atomic E-state index is -0.451. The van der Waals surface area contributed by atoms with Crippen LogP contribution in [0.25, 0.3) is 0 Å². The number of likely N-dealkylation sites (tertiary alicyclic amines) is 1. The van der Waals surface area contributed by atoms with Gasteiger partial charge < -0.3 is 10.1 Å². The number of ether oxygens (including phenoxy) is 1.